The van der Waals surface area contributed by atoms with Gasteiger partial charge < -0.3 is 26.0 Å². The van der Waals surface area contributed by atoms with Crippen molar-refractivity contribution in [3.8, 4) is 0 Å². The zero-order chi connectivity index (χ0) is 25.0. The van der Waals surface area contributed by atoms with Gasteiger partial charge in [0.2, 0.25) is 23.6 Å². The molecule has 0 aromatic heterocycles. The number of hydrogen-bond donors (Lipinski definition) is 3. The molecule has 0 aliphatic carbocycles. The Morgan fingerprint density at radius 2 is 1.79 bits per heavy atom. The minimum Gasteiger partial charge on any atom is -0.391 e. The van der Waals surface area contributed by atoms with Crippen molar-refractivity contribution in [1.29, 1.82) is 0 Å². The van der Waals surface area contributed by atoms with Gasteiger partial charge >= 0.3 is 0 Å². The minimum absolute atomic E-state index is 0.0167. The zero-order valence-corrected chi connectivity index (χ0v) is 20.2. The van der Waals surface area contributed by atoms with E-state index in [1.807, 2.05) is 49.1 Å². The average molecular weight is 473 g/mol. The van der Waals surface area contributed by atoms with E-state index >= 15 is 0 Å². The molecule has 1 aromatic carbocycles. The smallest absolute Gasteiger partial charge is 0.245 e. The first-order chi connectivity index (χ1) is 16.0. The first kappa shape index (κ1) is 25.7. The van der Waals surface area contributed by atoms with Gasteiger partial charge in [-0.15, -0.1) is 0 Å². The van der Waals surface area contributed by atoms with E-state index in [1.165, 1.54) is 6.92 Å². The highest BCUT2D eigenvalue weighted by molar-refractivity contribution is 5.91. The summed E-state index contributed by atoms with van der Waals surface area (Å²) in [6, 6.07) is 8.19. The number of nitrogens with zero attached hydrogens (tertiary/aromatic N) is 2. The quantitative estimate of drug-likeness (QED) is 0.544. The molecule has 0 unspecified atom stereocenters. The third-order valence-corrected chi connectivity index (χ3v) is 6.83. The summed E-state index contributed by atoms with van der Waals surface area (Å²) in [4.78, 5) is 53.1. The summed E-state index contributed by atoms with van der Waals surface area (Å²) in [7, 11) is 0. The highest BCUT2D eigenvalue weighted by Crippen LogP contribution is 2.47. The van der Waals surface area contributed by atoms with Crippen LogP contribution in [0.4, 0.5) is 0 Å². The average Bonchev–Trinajstić information content (AvgIpc) is 2.77. The van der Waals surface area contributed by atoms with Gasteiger partial charge in [-0.25, -0.2) is 0 Å². The van der Waals surface area contributed by atoms with Crippen molar-refractivity contribution in [2.24, 2.45) is 17.1 Å². The van der Waals surface area contributed by atoms with Gasteiger partial charge in [-0.2, -0.15) is 0 Å². The number of hydrogen-bond acceptors (Lipinski definition) is 5. The number of nitrogens with one attached hydrogen (secondary N) is 1. The van der Waals surface area contributed by atoms with Gasteiger partial charge in [0.25, 0.3) is 0 Å². The summed E-state index contributed by atoms with van der Waals surface area (Å²) in [6.07, 6.45) is 0.155. The Morgan fingerprint density at radius 1 is 1.18 bits per heavy atom. The standard InChI is InChI=1S/C25H36N4O5/c1-16(2)15-29-22(18-7-5-4-6-8-18)20(31)14-25(24(29)34)9-11-28(12-10-25)23(33)19(13-21(26)32)27-17(3)30/h4-8,16,19-20,22,31H,9-15H2,1-3H3,(H2,26,32)(H,27,30)/t19-,20-,22+/m1/s1. The number of amides is 4. The topological polar surface area (TPSA) is 133 Å². The van der Waals surface area contributed by atoms with Crippen LogP contribution in [0.15, 0.2) is 30.3 Å². The van der Waals surface area contributed by atoms with Crippen LogP contribution in [0.3, 0.4) is 0 Å². The van der Waals surface area contributed by atoms with E-state index in [1.54, 1.807) is 4.90 Å². The fraction of sp³-hybridized carbons (Fsp3) is 0.600. The molecule has 4 N–H and O–H groups in total. The van der Waals surface area contributed by atoms with Gasteiger partial charge in [0, 0.05) is 26.6 Å². The number of carbonyl (C=O) groups excluding carboxylic acids is 4. The van der Waals surface area contributed by atoms with Gasteiger partial charge in [0.15, 0.2) is 0 Å². The normalized spacial score (nSPS) is 23.1. The van der Waals surface area contributed by atoms with Gasteiger partial charge in [0.05, 0.1) is 24.0 Å². The Labute approximate surface area is 200 Å². The molecular formula is C25H36N4O5. The lowest BCUT2D eigenvalue weighted by Crippen LogP contribution is -2.60. The van der Waals surface area contributed by atoms with Crippen molar-refractivity contribution in [2.75, 3.05) is 19.6 Å². The molecular weight excluding hydrogens is 436 g/mol. The molecule has 3 rings (SSSR count). The van der Waals surface area contributed by atoms with E-state index in [0.29, 0.717) is 38.9 Å². The highest BCUT2D eigenvalue weighted by atomic mass is 16.3. The second-order valence-electron chi connectivity index (χ2n) is 10.0. The highest BCUT2D eigenvalue weighted by Gasteiger charge is 2.53. The first-order valence-electron chi connectivity index (χ1n) is 11.9. The van der Waals surface area contributed by atoms with Crippen LogP contribution >= 0.6 is 0 Å². The molecule has 2 fully saturated rings. The molecule has 34 heavy (non-hydrogen) atoms. The van der Waals surface area contributed by atoms with Crippen LogP contribution in [-0.2, 0) is 19.2 Å². The Bertz CT molecular complexity index is 895. The second-order valence-corrected chi connectivity index (χ2v) is 10.0. The van der Waals surface area contributed by atoms with Crippen LogP contribution in [0, 0.1) is 11.3 Å². The summed E-state index contributed by atoms with van der Waals surface area (Å²) < 4.78 is 0. The summed E-state index contributed by atoms with van der Waals surface area (Å²) in [5.74, 6) is -1.24. The van der Waals surface area contributed by atoms with E-state index in [4.69, 9.17) is 5.73 Å². The lowest BCUT2D eigenvalue weighted by Gasteiger charge is -2.52. The number of rotatable bonds is 7. The molecule has 0 radical (unpaired) electrons. The van der Waals surface area contributed by atoms with E-state index in [-0.39, 0.29) is 24.2 Å². The Morgan fingerprint density at radius 3 is 2.32 bits per heavy atom. The maximum Gasteiger partial charge on any atom is 0.245 e. The summed E-state index contributed by atoms with van der Waals surface area (Å²) in [5.41, 5.74) is 5.43. The second kappa shape index (κ2) is 10.5. The fourth-order valence-electron chi connectivity index (χ4n) is 5.32. The Hall–Kier alpha value is -2.94. The maximum atomic E-state index is 13.9. The predicted octanol–water partition coefficient (Wildman–Crippen LogP) is 0.966. The van der Waals surface area contributed by atoms with Crippen LogP contribution in [0.1, 0.15) is 58.1 Å². The van der Waals surface area contributed by atoms with E-state index in [9.17, 15) is 24.3 Å². The Balaban J connectivity index is 1.78. The predicted molar refractivity (Wildman–Crippen MR) is 126 cm³/mol. The molecule has 0 saturated carbocycles. The van der Waals surface area contributed by atoms with Gasteiger partial charge in [-0.1, -0.05) is 44.2 Å². The van der Waals surface area contributed by atoms with Crippen molar-refractivity contribution in [2.45, 2.75) is 64.6 Å². The monoisotopic (exact) mass is 472 g/mol. The van der Waals surface area contributed by atoms with Gasteiger partial charge in [0.1, 0.15) is 6.04 Å². The zero-order valence-electron chi connectivity index (χ0n) is 20.2. The number of likely N-dealkylation sites (tertiary alicyclic amines) is 2. The molecule has 1 aromatic rings. The summed E-state index contributed by atoms with van der Waals surface area (Å²) >= 11 is 0. The molecule has 2 heterocycles. The Kier molecular flexibility index (Phi) is 7.97. The molecule has 186 valence electrons. The lowest BCUT2D eigenvalue weighted by molar-refractivity contribution is -0.167. The van der Waals surface area contributed by atoms with Crippen molar-refractivity contribution >= 4 is 23.6 Å². The molecule has 9 nitrogen and oxygen atoms in total. The van der Waals surface area contributed by atoms with E-state index < -0.39 is 35.4 Å². The molecule has 2 saturated heterocycles. The van der Waals surface area contributed by atoms with Crippen molar-refractivity contribution in [1.82, 2.24) is 15.1 Å². The largest absolute Gasteiger partial charge is 0.391 e. The first-order valence-corrected chi connectivity index (χ1v) is 11.9. The van der Waals surface area contributed by atoms with Crippen LogP contribution in [0.2, 0.25) is 0 Å². The van der Waals surface area contributed by atoms with Crippen molar-refractivity contribution < 1.29 is 24.3 Å². The molecule has 4 amide bonds. The maximum absolute atomic E-state index is 13.9. The van der Waals surface area contributed by atoms with Crippen LogP contribution in [0.25, 0.3) is 0 Å². The minimum atomic E-state index is -1.02. The van der Waals surface area contributed by atoms with Crippen LogP contribution < -0.4 is 11.1 Å². The number of benzene rings is 1. The molecule has 2 aliphatic heterocycles. The molecule has 1 spiro atoms. The summed E-state index contributed by atoms with van der Waals surface area (Å²) in [6.45, 7) is 6.51. The third kappa shape index (κ3) is 5.58. The van der Waals surface area contributed by atoms with Gasteiger partial charge in [-0.05, 0) is 30.7 Å². The SMILES string of the molecule is CC(=O)N[C@H](CC(N)=O)C(=O)N1CCC2(CC1)C[C@@H](O)[C@H](c1ccccc1)N(CC(C)C)C2=O. The lowest BCUT2D eigenvalue weighted by atomic mass is 9.68. The van der Waals surface area contributed by atoms with Gasteiger partial charge in [-0.3, -0.25) is 19.2 Å². The molecule has 2 aliphatic rings. The number of primary amides is 1. The number of aliphatic hydroxyl groups excluding tert-OH is 1. The number of aliphatic hydroxyl groups is 1. The van der Waals surface area contributed by atoms with Crippen LogP contribution in [0.5, 0.6) is 0 Å². The molecule has 3 atom stereocenters. The van der Waals surface area contributed by atoms with Crippen molar-refractivity contribution in [3.63, 3.8) is 0 Å². The molecule has 9 heteroatoms. The number of piperidine rings is 2. The number of nitrogens with two attached hydrogens (primary N) is 1. The van der Waals surface area contributed by atoms with Crippen LogP contribution in [-0.4, -0.2) is 70.3 Å². The summed E-state index contributed by atoms with van der Waals surface area (Å²) in [5, 5.41) is 13.7. The fourth-order valence-corrected chi connectivity index (χ4v) is 5.32. The van der Waals surface area contributed by atoms with E-state index in [2.05, 4.69) is 5.32 Å². The van der Waals surface area contributed by atoms with E-state index in [0.717, 1.165) is 5.56 Å². The van der Waals surface area contributed by atoms with Crippen molar-refractivity contribution in [3.05, 3.63) is 35.9 Å². The molecule has 0 bridgehead atoms. The third-order valence-electron chi connectivity index (χ3n) is 6.83. The number of carbonyl (C=O) groups is 4.